The van der Waals surface area contributed by atoms with E-state index in [0.717, 1.165) is 0 Å². The fourth-order valence-corrected chi connectivity index (χ4v) is 2.26. The fourth-order valence-electron chi connectivity index (χ4n) is 2.06. The topological polar surface area (TPSA) is 66.1 Å². The zero-order chi connectivity index (χ0) is 15.4. The molecule has 2 aromatic heterocycles. The lowest BCUT2D eigenvalue weighted by atomic mass is 10.1. The van der Waals surface area contributed by atoms with Crippen LogP contribution in [0.2, 0.25) is 5.02 Å². The van der Waals surface area contributed by atoms with Gasteiger partial charge in [-0.05, 0) is 32.0 Å². The molecule has 0 unspecified atom stereocenters. The second-order valence-electron chi connectivity index (χ2n) is 4.45. The van der Waals surface area contributed by atoms with Crippen LogP contribution in [0, 0.1) is 0 Å². The number of aromatic nitrogens is 2. The number of rotatable bonds is 4. The molecule has 2 rings (SSSR count). The van der Waals surface area contributed by atoms with Crippen molar-refractivity contribution in [3.63, 3.8) is 0 Å². The fraction of sp³-hybridized carbons (Fsp3) is 0.267. The number of nitrogens with zero attached hydrogens (tertiary/aromatic N) is 2. The summed E-state index contributed by atoms with van der Waals surface area (Å²) in [4.78, 5) is 32.6. The number of carbonyl (C=O) groups is 1. The van der Waals surface area contributed by atoms with E-state index < -0.39 is 5.56 Å². The van der Waals surface area contributed by atoms with Crippen LogP contribution in [0.15, 0.2) is 35.4 Å². The first kappa shape index (κ1) is 15.3. The van der Waals surface area contributed by atoms with E-state index in [-0.39, 0.29) is 11.5 Å². The van der Waals surface area contributed by atoms with E-state index in [1.54, 1.807) is 29.4 Å². The van der Waals surface area contributed by atoms with Crippen LogP contribution in [0.3, 0.4) is 0 Å². The number of pyridine rings is 2. The molecule has 0 spiro atoms. The van der Waals surface area contributed by atoms with E-state index in [2.05, 4.69) is 9.97 Å². The highest BCUT2D eigenvalue weighted by Crippen LogP contribution is 2.24. The molecule has 0 fully saturated rings. The van der Waals surface area contributed by atoms with Crippen LogP contribution < -0.4 is 5.56 Å². The van der Waals surface area contributed by atoms with E-state index in [0.29, 0.717) is 29.4 Å². The molecule has 1 amide bonds. The van der Waals surface area contributed by atoms with E-state index in [4.69, 9.17) is 11.6 Å². The molecule has 0 radical (unpaired) electrons. The number of hydrogen-bond donors (Lipinski definition) is 1. The van der Waals surface area contributed by atoms with Crippen molar-refractivity contribution in [2.24, 2.45) is 0 Å². The molecule has 0 atom stereocenters. The lowest BCUT2D eigenvalue weighted by molar-refractivity contribution is 0.0771. The summed E-state index contributed by atoms with van der Waals surface area (Å²) in [6, 6.07) is 4.84. The second-order valence-corrected chi connectivity index (χ2v) is 4.85. The molecule has 2 aromatic rings. The summed E-state index contributed by atoms with van der Waals surface area (Å²) >= 11 is 6.07. The minimum Gasteiger partial charge on any atom is -0.339 e. The van der Waals surface area contributed by atoms with Crippen LogP contribution in [0.25, 0.3) is 11.3 Å². The monoisotopic (exact) mass is 305 g/mol. The molecule has 0 bridgehead atoms. The van der Waals surface area contributed by atoms with Crippen molar-refractivity contribution in [1.29, 1.82) is 0 Å². The molecule has 110 valence electrons. The quantitative estimate of drug-likeness (QED) is 0.944. The van der Waals surface area contributed by atoms with Crippen molar-refractivity contribution >= 4 is 17.5 Å². The van der Waals surface area contributed by atoms with E-state index in [1.807, 2.05) is 13.8 Å². The number of amides is 1. The lowest BCUT2D eigenvalue weighted by Gasteiger charge is -2.18. The van der Waals surface area contributed by atoms with Crippen LogP contribution in [-0.2, 0) is 0 Å². The van der Waals surface area contributed by atoms with Crippen molar-refractivity contribution in [1.82, 2.24) is 14.9 Å². The summed E-state index contributed by atoms with van der Waals surface area (Å²) in [6.45, 7) is 4.87. The Morgan fingerprint density at radius 3 is 2.57 bits per heavy atom. The van der Waals surface area contributed by atoms with Gasteiger partial charge in [0.1, 0.15) is 5.56 Å². The van der Waals surface area contributed by atoms with E-state index in [1.165, 1.54) is 6.07 Å². The van der Waals surface area contributed by atoms with Gasteiger partial charge in [-0.3, -0.25) is 14.6 Å². The van der Waals surface area contributed by atoms with Crippen molar-refractivity contribution in [3.8, 4) is 11.3 Å². The molecular formula is C15H16ClN3O2. The minimum absolute atomic E-state index is 0.127. The first-order valence-corrected chi connectivity index (χ1v) is 7.08. The van der Waals surface area contributed by atoms with Gasteiger partial charge in [0.25, 0.3) is 11.5 Å². The highest BCUT2D eigenvalue weighted by atomic mass is 35.5. The van der Waals surface area contributed by atoms with Crippen molar-refractivity contribution in [2.45, 2.75) is 13.8 Å². The SMILES string of the molecule is CCN(CC)C(=O)c1ccc(-c2cnccc2Cl)[nH]c1=O. The highest BCUT2D eigenvalue weighted by Gasteiger charge is 2.16. The first-order chi connectivity index (χ1) is 10.1. The first-order valence-electron chi connectivity index (χ1n) is 6.71. The Morgan fingerprint density at radius 1 is 1.29 bits per heavy atom. The summed E-state index contributed by atoms with van der Waals surface area (Å²) in [5, 5.41) is 0.489. The van der Waals surface area contributed by atoms with Crippen LogP contribution in [0.5, 0.6) is 0 Å². The lowest BCUT2D eigenvalue weighted by Crippen LogP contribution is -2.34. The molecule has 0 aliphatic carbocycles. The Kier molecular flexibility index (Phi) is 4.75. The maximum atomic E-state index is 12.2. The Morgan fingerprint density at radius 2 is 2.00 bits per heavy atom. The van der Waals surface area contributed by atoms with E-state index >= 15 is 0 Å². The molecule has 0 aliphatic rings. The van der Waals surface area contributed by atoms with Crippen molar-refractivity contribution in [2.75, 3.05) is 13.1 Å². The molecule has 0 saturated heterocycles. The number of nitrogens with one attached hydrogen (secondary N) is 1. The third kappa shape index (κ3) is 3.13. The van der Waals surface area contributed by atoms with Crippen LogP contribution in [-0.4, -0.2) is 33.9 Å². The van der Waals surface area contributed by atoms with Gasteiger partial charge in [0.15, 0.2) is 0 Å². The Bertz CT molecular complexity index is 708. The van der Waals surface area contributed by atoms with Crippen LogP contribution in [0.1, 0.15) is 24.2 Å². The molecule has 2 heterocycles. The Balaban J connectivity index is 2.41. The summed E-state index contributed by atoms with van der Waals surface area (Å²) in [5.41, 5.74) is 0.860. The number of halogens is 1. The standard InChI is InChI=1S/C15H16ClN3O2/c1-3-19(4-2)15(21)10-5-6-13(18-14(10)20)11-9-17-8-7-12(11)16/h5-9H,3-4H2,1-2H3,(H,18,20). The van der Waals surface area contributed by atoms with Gasteiger partial charge in [-0.25, -0.2) is 0 Å². The second kappa shape index (κ2) is 6.54. The predicted molar refractivity (Wildman–Crippen MR) is 82.6 cm³/mol. The third-order valence-corrected chi connectivity index (χ3v) is 3.58. The smallest absolute Gasteiger partial charge is 0.261 e. The van der Waals surface area contributed by atoms with Gasteiger partial charge in [0.05, 0.1) is 10.7 Å². The Labute approximate surface area is 127 Å². The van der Waals surface area contributed by atoms with Crippen molar-refractivity contribution < 1.29 is 4.79 Å². The minimum atomic E-state index is -0.427. The molecule has 0 aliphatic heterocycles. The maximum Gasteiger partial charge on any atom is 0.261 e. The van der Waals surface area contributed by atoms with Crippen LogP contribution in [0.4, 0.5) is 0 Å². The van der Waals surface area contributed by atoms with Gasteiger partial charge in [0, 0.05) is 31.0 Å². The summed E-state index contributed by atoms with van der Waals surface area (Å²) < 4.78 is 0. The molecule has 5 nitrogen and oxygen atoms in total. The summed E-state index contributed by atoms with van der Waals surface area (Å²) in [5.74, 6) is -0.273. The summed E-state index contributed by atoms with van der Waals surface area (Å²) in [7, 11) is 0. The van der Waals surface area contributed by atoms with Gasteiger partial charge in [0.2, 0.25) is 0 Å². The molecule has 0 aromatic carbocycles. The molecule has 6 heteroatoms. The number of carbonyl (C=O) groups excluding carboxylic acids is 1. The largest absolute Gasteiger partial charge is 0.339 e. The van der Waals surface area contributed by atoms with Gasteiger partial charge >= 0.3 is 0 Å². The maximum absolute atomic E-state index is 12.2. The number of H-pyrrole nitrogens is 1. The third-order valence-electron chi connectivity index (χ3n) is 3.25. The molecule has 1 N–H and O–H groups in total. The molecule has 21 heavy (non-hydrogen) atoms. The van der Waals surface area contributed by atoms with Crippen LogP contribution >= 0.6 is 11.6 Å². The predicted octanol–water partition coefficient (Wildman–Crippen LogP) is 2.57. The average molecular weight is 306 g/mol. The van der Waals surface area contributed by atoms with Gasteiger partial charge in [-0.15, -0.1) is 0 Å². The average Bonchev–Trinajstić information content (AvgIpc) is 2.48. The highest BCUT2D eigenvalue weighted by molar-refractivity contribution is 6.33. The normalized spacial score (nSPS) is 10.4. The number of hydrogen-bond acceptors (Lipinski definition) is 3. The van der Waals surface area contributed by atoms with E-state index in [9.17, 15) is 9.59 Å². The van der Waals surface area contributed by atoms with Gasteiger partial charge < -0.3 is 9.88 Å². The molecule has 0 saturated carbocycles. The van der Waals surface area contributed by atoms with Crippen molar-refractivity contribution in [3.05, 3.63) is 51.5 Å². The zero-order valence-electron chi connectivity index (χ0n) is 11.9. The summed E-state index contributed by atoms with van der Waals surface area (Å²) in [6.07, 6.45) is 3.14. The number of aromatic amines is 1. The Hall–Kier alpha value is -2.14. The zero-order valence-corrected chi connectivity index (χ0v) is 12.6. The molecular weight excluding hydrogens is 290 g/mol. The van der Waals surface area contributed by atoms with Gasteiger partial charge in [-0.1, -0.05) is 11.6 Å². The van der Waals surface area contributed by atoms with Gasteiger partial charge in [-0.2, -0.15) is 0 Å².